The summed E-state index contributed by atoms with van der Waals surface area (Å²) >= 11 is 1.30. The molecule has 0 aliphatic heterocycles. The van der Waals surface area contributed by atoms with Gasteiger partial charge in [-0.2, -0.15) is 4.98 Å². The van der Waals surface area contributed by atoms with E-state index in [1.54, 1.807) is 18.5 Å². The molecule has 0 aliphatic rings. The molecule has 0 bridgehead atoms. The maximum atomic E-state index is 12.1. The minimum absolute atomic E-state index is 0.109. The third-order valence-corrected chi connectivity index (χ3v) is 4.87. The van der Waals surface area contributed by atoms with E-state index >= 15 is 0 Å². The van der Waals surface area contributed by atoms with Gasteiger partial charge in [0.1, 0.15) is 0 Å². The molecular formula is C20H18N6O3S. The van der Waals surface area contributed by atoms with E-state index < -0.39 is 0 Å². The van der Waals surface area contributed by atoms with E-state index in [4.69, 9.17) is 8.94 Å². The Bertz CT molecular complexity index is 1110. The fourth-order valence-corrected chi connectivity index (χ4v) is 3.14. The number of amides is 1. The molecule has 0 spiro atoms. The number of nitrogens with one attached hydrogen (secondary N) is 1. The van der Waals surface area contributed by atoms with Gasteiger partial charge in [0.25, 0.3) is 5.22 Å². The molecule has 0 unspecified atom stereocenters. The van der Waals surface area contributed by atoms with Crippen molar-refractivity contribution < 1.29 is 13.7 Å². The minimum atomic E-state index is -0.109. The number of carbonyl (C=O) groups is 1. The molecule has 0 saturated heterocycles. The topological polar surface area (TPSA) is 120 Å². The molecule has 1 aromatic carbocycles. The molecule has 152 valence electrons. The summed E-state index contributed by atoms with van der Waals surface area (Å²) in [6.07, 6.45) is 3.94. The van der Waals surface area contributed by atoms with E-state index in [1.165, 1.54) is 11.8 Å². The number of nitrogens with zero attached hydrogens (tertiary/aromatic N) is 5. The van der Waals surface area contributed by atoms with Crippen LogP contribution >= 0.6 is 11.8 Å². The first-order chi connectivity index (χ1) is 14.7. The van der Waals surface area contributed by atoms with Gasteiger partial charge in [-0.15, -0.1) is 10.2 Å². The molecule has 3 heterocycles. The zero-order valence-corrected chi connectivity index (χ0v) is 16.9. The zero-order valence-electron chi connectivity index (χ0n) is 16.1. The molecule has 0 aliphatic carbocycles. The van der Waals surface area contributed by atoms with Gasteiger partial charge in [0.2, 0.25) is 17.7 Å². The van der Waals surface area contributed by atoms with E-state index in [2.05, 4.69) is 30.6 Å². The van der Waals surface area contributed by atoms with E-state index in [1.807, 2.05) is 37.3 Å². The Balaban J connectivity index is 1.25. The van der Waals surface area contributed by atoms with Crippen molar-refractivity contribution in [3.63, 3.8) is 0 Å². The van der Waals surface area contributed by atoms with Crippen LogP contribution in [0.1, 0.15) is 23.7 Å². The second-order valence-electron chi connectivity index (χ2n) is 6.42. The Morgan fingerprint density at radius 3 is 2.83 bits per heavy atom. The summed E-state index contributed by atoms with van der Waals surface area (Å²) in [5.74, 6) is 1.61. The normalized spacial score (nSPS) is 10.8. The van der Waals surface area contributed by atoms with Crippen molar-refractivity contribution in [3.05, 3.63) is 66.1 Å². The first-order valence-electron chi connectivity index (χ1n) is 9.20. The lowest BCUT2D eigenvalue weighted by atomic mass is 10.2. The Morgan fingerprint density at radius 2 is 2.03 bits per heavy atom. The number of thioether (sulfide) groups is 1. The van der Waals surface area contributed by atoms with Crippen LogP contribution in [0.5, 0.6) is 0 Å². The minimum Gasteiger partial charge on any atom is -0.411 e. The number of anilines is 1. The van der Waals surface area contributed by atoms with Crippen LogP contribution in [-0.4, -0.2) is 31.2 Å². The molecule has 30 heavy (non-hydrogen) atoms. The fourth-order valence-electron chi connectivity index (χ4n) is 2.53. The van der Waals surface area contributed by atoms with Gasteiger partial charge in [0, 0.05) is 30.9 Å². The number of carbonyl (C=O) groups excluding carboxylic acids is 1. The van der Waals surface area contributed by atoms with Crippen LogP contribution < -0.4 is 5.32 Å². The smallest absolute Gasteiger partial charge is 0.277 e. The van der Waals surface area contributed by atoms with Crippen molar-refractivity contribution in [2.75, 3.05) is 5.32 Å². The molecule has 0 radical (unpaired) electrons. The van der Waals surface area contributed by atoms with Gasteiger partial charge in [-0.3, -0.25) is 9.78 Å². The third-order valence-electron chi connectivity index (χ3n) is 4.05. The highest BCUT2D eigenvalue weighted by atomic mass is 32.2. The predicted octanol–water partition coefficient (Wildman–Crippen LogP) is 3.69. The molecule has 3 aromatic heterocycles. The van der Waals surface area contributed by atoms with Gasteiger partial charge in [0.15, 0.2) is 5.82 Å². The molecule has 10 heteroatoms. The van der Waals surface area contributed by atoms with Crippen LogP contribution in [0.15, 0.2) is 63.0 Å². The lowest BCUT2D eigenvalue weighted by molar-refractivity contribution is -0.116. The number of aromatic nitrogens is 5. The van der Waals surface area contributed by atoms with Crippen LogP contribution in [0, 0.1) is 6.92 Å². The molecule has 9 nitrogen and oxygen atoms in total. The maximum Gasteiger partial charge on any atom is 0.277 e. The summed E-state index contributed by atoms with van der Waals surface area (Å²) in [5.41, 5.74) is 2.65. The fraction of sp³-hybridized carbons (Fsp3) is 0.200. The largest absolute Gasteiger partial charge is 0.411 e. The quantitative estimate of drug-likeness (QED) is 0.424. The Labute approximate surface area is 176 Å². The Hall–Kier alpha value is -3.53. The summed E-state index contributed by atoms with van der Waals surface area (Å²) in [4.78, 5) is 20.4. The highest BCUT2D eigenvalue weighted by molar-refractivity contribution is 7.98. The maximum absolute atomic E-state index is 12.1. The van der Waals surface area contributed by atoms with Crippen molar-refractivity contribution in [1.29, 1.82) is 0 Å². The summed E-state index contributed by atoms with van der Waals surface area (Å²) in [6, 6.07) is 11.3. The second-order valence-corrected chi connectivity index (χ2v) is 7.35. The highest BCUT2D eigenvalue weighted by Gasteiger charge is 2.13. The Kier molecular flexibility index (Phi) is 6.14. The number of rotatable bonds is 8. The molecular weight excluding hydrogens is 404 g/mol. The van der Waals surface area contributed by atoms with Gasteiger partial charge in [-0.1, -0.05) is 34.6 Å². The van der Waals surface area contributed by atoms with Crippen molar-refractivity contribution >= 4 is 23.4 Å². The van der Waals surface area contributed by atoms with E-state index in [-0.39, 0.29) is 12.3 Å². The summed E-state index contributed by atoms with van der Waals surface area (Å²) in [5, 5.41) is 15.2. The van der Waals surface area contributed by atoms with Gasteiger partial charge in [-0.25, -0.2) is 0 Å². The van der Waals surface area contributed by atoms with Crippen molar-refractivity contribution in [2.24, 2.45) is 0 Å². The monoisotopic (exact) mass is 422 g/mol. The van der Waals surface area contributed by atoms with Crippen LogP contribution in [0.3, 0.4) is 0 Å². The van der Waals surface area contributed by atoms with Gasteiger partial charge >= 0.3 is 0 Å². The first-order valence-corrected chi connectivity index (χ1v) is 10.2. The van der Waals surface area contributed by atoms with Crippen LogP contribution in [0.4, 0.5) is 5.69 Å². The number of pyridine rings is 1. The second kappa shape index (κ2) is 9.31. The van der Waals surface area contributed by atoms with Crippen molar-refractivity contribution in [3.8, 4) is 11.5 Å². The van der Waals surface area contributed by atoms with Crippen molar-refractivity contribution in [2.45, 2.75) is 30.7 Å². The van der Waals surface area contributed by atoms with Crippen LogP contribution in [0.25, 0.3) is 11.5 Å². The SMILES string of the molecule is Cc1ccc(NC(=O)CCc2nc(CSc3nnc(-c4cccnc4)o3)no2)cc1. The van der Waals surface area contributed by atoms with Gasteiger partial charge in [0.05, 0.1) is 11.3 Å². The molecule has 0 saturated carbocycles. The van der Waals surface area contributed by atoms with E-state index in [9.17, 15) is 4.79 Å². The summed E-state index contributed by atoms with van der Waals surface area (Å²) < 4.78 is 10.8. The number of benzene rings is 1. The summed E-state index contributed by atoms with van der Waals surface area (Å²) in [7, 11) is 0. The number of aryl methyl sites for hydroxylation is 2. The first kappa shape index (κ1) is 19.8. The lowest BCUT2D eigenvalue weighted by Gasteiger charge is -2.04. The zero-order chi connectivity index (χ0) is 20.8. The molecule has 4 rings (SSSR count). The van der Waals surface area contributed by atoms with E-state index in [0.29, 0.717) is 35.0 Å². The van der Waals surface area contributed by atoms with Crippen LogP contribution in [-0.2, 0) is 17.0 Å². The Morgan fingerprint density at radius 1 is 1.17 bits per heavy atom. The van der Waals surface area contributed by atoms with Crippen molar-refractivity contribution in [1.82, 2.24) is 25.3 Å². The van der Waals surface area contributed by atoms with E-state index in [0.717, 1.165) is 16.8 Å². The van der Waals surface area contributed by atoms with Crippen LogP contribution in [0.2, 0.25) is 0 Å². The average molecular weight is 422 g/mol. The number of hydrogen-bond acceptors (Lipinski definition) is 9. The molecule has 0 atom stereocenters. The molecule has 1 N–H and O–H groups in total. The predicted molar refractivity (Wildman–Crippen MR) is 110 cm³/mol. The molecule has 1 amide bonds. The number of hydrogen-bond donors (Lipinski definition) is 1. The average Bonchev–Trinajstić information content (AvgIpc) is 3.43. The third kappa shape index (κ3) is 5.29. The van der Waals surface area contributed by atoms with Gasteiger partial charge < -0.3 is 14.3 Å². The van der Waals surface area contributed by atoms with Gasteiger partial charge in [-0.05, 0) is 31.2 Å². The molecule has 0 fully saturated rings. The standard InChI is InChI=1S/C20H18N6O3S/c1-13-4-6-15(7-5-13)22-17(27)8-9-18-23-16(26-29-18)12-30-20-25-24-19(28-20)14-3-2-10-21-11-14/h2-7,10-11H,8-9,12H2,1H3,(H,22,27). The molecule has 4 aromatic rings. The lowest BCUT2D eigenvalue weighted by Crippen LogP contribution is -2.12. The summed E-state index contributed by atoms with van der Waals surface area (Å²) in [6.45, 7) is 2.00. The highest BCUT2D eigenvalue weighted by Crippen LogP contribution is 2.24.